The fraction of sp³-hybridized carbons (Fsp3) is 0.429. The highest BCUT2D eigenvalue weighted by Crippen LogP contribution is 2.32. The van der Waals surface area contributed by atoms with Crippen LogP contribution >= 0.6 is 0 Å². The molecule has 4 rings (SSSR count). The lowest BCUT2D eigenvalue weighted by molar-refractivity contribution is -0.121. The summed E-state index contributed by atoms with van der Waals surface area (Å²) in [5.41, 5.74) is 0.125. The monoisotopic (exact) mass is 447 g/mol. The number of pyridine rings is 1. The summed E-state index contributed by atoms with van der Waals surface area (Å²) in [4.78, 5) is 24.9. The summed E-state index contributed by atoms with van der Waals surface area (Å²) in [7, 11) is -3.89. The number of sulfonamides is 1. The van der Waals surface area contributed by atoms with Crippen molar-refractivity contribution in [1.82, 2.24) is 14.2 Å². The largest absolute Gasteiger partial charge is 0.454 e. The van der Waals surface area contributed by atoms with Crippen molar-refractivity contribution in [3.63, 3.8) is 0 Å². The molecule has 0 bridgehead atoms. The number of hydrogen-bond donors (Lipinski definition) is 1. The van der Waals surface area contributed by atoms with E-state index in [1.54, 1.807) is 12.1 Å². The molecule has 2 aliphatic rings. The molecule has 1 N–H and O–H groups in total. The molecule has 31 heavy (non-hydrogen) atoms. The first kappa shape index (κ1) is 21.4. The molecule has 1 saturated heterocycles. The highest BCUT2D eigenvalue weighted by molar-refractivity contribution is 7.89. The number of fused-ring (bicyclic) bond motifs is 1. The van der Waals surface area contributed by atoms with Crippen LogP contribution in [0.25, 0.3) is 0 Å². The Morgan fingerprint density at radius 2 is 1.90 bits per heavy atom. The Labute approximate surface area is 180 Å². The van der Waals surface area contributed by atoms with Crippen LogP contribution in [0.1, 0.15) is 25.3 Å². The predicted octanol–water partition coefficient (Wildman–Crippen LogP) is 1.31. The molecule has 0 aliphatic carbocycles. The van der Waals surface area contributed by atoms with Gasteiger partial charge in [-0.05, 0) is 48.6 Å². The van der Waals surface area contributed by atoms with Gasteiger partial charge in [-0.3, -0.25) is 9.59 Å². The Morgan fingerprint density at radius 3 is 2.68 bits per heavy atom. The first-order chi connectivity index (χ1) is 14.8. The van der Waals surface area contributed by atoms with Gasteiger partial charge in [-0.15, -0.1) is 0 Å². The van der Waals surface area contributed by atoms with Gasteiger partial charge in [-0.1, -0.05) is 13.0 Å². The lowest BCUT2D eigenvalue weighted by Crippen LogP contribution is -2.41. The van der Waals surface area contributed by atoms with Gasteiger partial charge < -0.3 is 19.4 Å². The van der Waals surface area contributed by atoms with Crippen molar-refractivity contribution in [2.45, 2.75) is 37.8 Å². The van der Waals surface area contributed by atoms with Crippen LogP contribution in [-0.4, -0.2) is 43.1 Å². The Morgan fingerprint density at radius 1 is 1.16 bits per heavy atom. The highest BCUT2D eigenvalue weighted by Gasteiger charge is 2.30. The van der Waals surface area contributed by atoms with Gasteiger partial charge in [0.05, 0.1) is 0 Å². The van der Waals surface area contributed by atoms with Gasteiger partial charge in [0.25, 0.3) is 5.56 Å². The standard InChI is InChI=1S/C21H25N3O6S/c1-15-6-9-24(10-7-15)31(27,28)19-3-2-8-23(21(19)26)13-20(25)22-12-16-4-5-17-18(11-16)30-14-29-17/h2-5,8,11,15H,6-7,9-10,12-14H2,1H3,(H,22,25). The number of nitrogens with one attached hydrogen (secondary N) is 1. The number of ether oxygens (including phenoxy) is 2. The molecule has 2 aromatic rings. The maximum Gasteiger partial charge on any atom is 0.271 e. The first-order valence-electron chi connectivity index (χ1n) is 10.2. The van der Waals surface area contributed by atoms with Crippen LogP contribution in [0.5, 0.6) is 11.5 Å². The molecule has 9 nitrogen and oxygen atoms in total. The van der Waals surface area contributed by atoms with E-state index in [1.165, 1.54) is 22.6 Å². The first-order valence-corrected chi connectivity index (χ1v) is 11.6. The minimum atomic E-state index is -3.89. The second-order valence-electron chi connectivity index (χ2n) is 7.86. The molecule has 3 heterocycles. The fourth-order valence-electron chi connectivity index (χ4n) is 3.66. The topological polar surface area (TPSA) is 107 Å². The zero-order chi connectivity index (χ0) is 22.0. The smallest absolute Gasteiger partial charge is 0.271 e. The third kappa shape index (κ3) is 4.59. The van der Waals surface area contributed by atoms with E-state index in [1.807, 2.05) is 6.07 Å². The average Bonchev–Trinajstić information content (AvgIpc) is 3.22. The van der Waals surface area contributed by atoms with Gasteiger partial charge in [-0.2, -0.15) is 4.31 Å². The van der Waals surface area contributed by atoms with Crippen LogP contribution in [0.15, 0.2) is 46.2 Å². The van der Waals surface area contributed by atoms with Crippen molar-refractivity contribution in [2.75, 3.05) is 19.9 Å². The minimum absolute atomic E-state index is 0.170. The fourth-order valence-corrected chi connectivity index (χ4v) is 5.22. The highest BCUT2D eigenvalue weighted by atomic mass is 32.2. The van der Waals surface area contributed by atoms with Crippen molar-refractivity contribution >= 4 is 15.9 Å². The van der Waals surface area contributed by atoms with Gasteiger partial charge in [0.2, 0.25) is 22.7 Å². The number of aromatic nitrogens is 1. The van der Waals surface area contributed by atoms with Gasteiger partial charge >= 0.3 is 0 Å². The summed E-state index contributed by atoms with van der Waals surface area (Å²) in [6, 6.07) is 8.14. The van der Waals surface area contributed by atoms with Crippen LogP contribution < -0.4 is 20.3 Å². The molecule has 2 aliphatic heterocycles. The van der Waals surface area contributed by atoms with Gasteiger partial charge in [0.15, 0.2) is 11.5 Å². The van der Waals surface area contributed by atoms with Crippen molar-refractivity contribution in [2.24, 2.45) is 5.92 Å². The van der Waals surface area contributed by atoms with E-state index in [4.69, 9.17) is 9.47 Å². The number of amides is 1. The molecule has 0 saturated carbocycles. The van der Waals surface area contributed by atoms with Crippen molar-refractivity contribution in [3.05, 3.63) is 52.4 Å². The molecule has 0 unspecified atom stereocenters. The number of piperidine rings is 1. The van der Waals surface area contributed by atoms with E-state index in [-0.39, 0.29) is 24.8 Å². The predicted molar refractivity (Wildman–Crippen MR) is 112 cm³/mol. The molecule has 10 heteroatoms. The van der Waals surface area contributed by atoms with Crippen LogP contribution in [-0.2, 0) is 27.9 Å². The van der Waals surface area contributed by atoms with E-state index < -0.39 is 21.5 Å². The van der Waals surface area contributed by atoms with Gasteiger partial charge in [0, 0.05) is 25.8 Å². The summed E-state index contributed by atoms with van der Waals surface area (Å²) < 4.78 is 38.9. The lowest BCUT2D eigenvalue weighted by Gasteiger charge is -2.29. The van der Waals surface area contributed by atoms with Crippen LogP contribution in [0, 0.1) is 5.92 Å². The number of carbonyl (C=O) groups is 1. The second-order valence-corrected chi connectivity index (χ2v) is 9.76. The maximum atomic E-state index is 12.9. The van der Waals surface area contributed by atoms with Crippen molar-refractivity contribution in [1.29, 1.82) is 0 Å². The minimum Gasteiger partial charge on any atom is -0.454 e. The molecule has 0 radical (unpaired) electrons. The van der Waals surface area contributed by atoms with E-state index in [2.05, 4.69) is 12.2 Å². The number of benzene rings is 1. The van der Waals surface area contributed by atoms with E-state index >= 15 is 0 Å². The molecule has 1 aromatic carbocycles. The van der Waals surface area contributed by atoms with Gasteiger partial charge in [-0.25, -0.2) is 8.42 Å². The molecule has 1 fully saturated rings. The van der Waals surface area contributed by atoms with Crippen LogP contribution in [0.4, 0.5) is 0 Å². The molecular formula is C21H25N3O6S. The lowest BCUT2D eigenvalue weighted by atomic mass is 10.0. The molecular weight excluding hydrogens is 422 g/mol. The zero-order valence-electron chi connectivity index (χ0n) is 17.2. The average molecular weight is 448 g/mol. The molecule has 0 spiro atoms. The van der Waals surface area contributed by atoms with E-state index in [0.29, 0.717) is 30.5 Å². The number of carbonyl (C=O) groups excluding carboxylic acids is 1. The van der Waals surface area contributed by atoms with Crippen LogP contribution in [0.3, 0.4) is 0 Å². The molecule has 166 valence electrons. The molecule has 1 aromatic heterocycles. The Bertz CT molecular complexity index is 1140. The summed E-state index contributed by atoms with van der Waals surface area (Å²) in [5, 5.41) is 2.74. The Hall–Kier alpha value is -2.85. The zero-order valence-corrected chi connectivity index (χ0v) is 18.1. The maximum absolute atomic E-state index is 12.9. The van der Waals surface area contributed by atoms with Crippen molar-refractivity contribution < 1.29 is 22.7 Å². The summed E-state index contributed by atoms with van der Waals surface area (Å²) in [6.07, 6.45) is 2.95. The molecule has 1 amide bonds. The van der Waals surface area contributed by atoms with Crippen LogP contribution in [0.2, 0.25) is 0 Å². The second kappa shape index (κ2) is 8.72. The SMILES string of the molecule is CC1CCN(S(=O)(=O)c2cccn(CC(=O)NCc3ccc4c(c3)OCO4)c2=O)CC1. The quantitative estimate of drug-likeness (QED) is 0.716. The third-order valence-electron chi connectivity index (χ3n) is 5.59. The van der Waals surface area contributed by atoms with Crippen molar-refractivity contribution in [3.8, 4) is 11.5 Å². The summed E-state index contributed by atoms with van der Waals surface area (Å²) in [6.45, 7) is 3.02. The Kier molecular flexibility index (Phi) is 6.01. The normalized spacial score (nSPS) is 16.9. The van der Waals surface area contributed by atoms with E-state index in [0.717, 1.165) is 23.0 Å². The van der Waals surface area contributed by atoms with Gasteiger partial charge in [0.1, 0.15) is 11.4 Å². The van der Waals surface area contributed by atoms with E-state index in [9.17, 15) is 18.0 Å². The number of rotatable bonds is 6. The molecule has 0 atom stereocenters. The Balaban J connectivity index is 1.43. The number of hydrogen-bond acceptors (Lipinski definition) is 6. The number of nitrogens with zero attached hydrogens (tertiary/aromatic N) is 2. The third-order valence-corrected chi connectivity index (χ3v) is 7.50. The summed E-state index contributed by atoms with van der Waals surface area (Å²) >= 11 is 0. The summed E-state index contributed by atoms with van der Waals surface area (Å²) in [5.74, 6) is 1.34.